The molecule has 0 unspecified atom stereocenters. The highest BCUT2D eigenvalue weighted by Crippen LogP contribution is 2.41. The van der Waals surface area contributed by atoms with Crippen molar-refractivity contribution in [3.8, 4) is 17.2 Å². The Hall–Kier alpha value is -3.00. The second kappa shape index (κ2) is 7.05. The molecule has 0 radical (unpaired) electrons. The fourth-order valence-electron chi connectivity index (χ4n) is 3.47. The smallest absolute Gasteiger partial charge is 0.306 e. The predicted octanol–water partition coefficient (Wildman–Crippen LogP) is 3.76. The number of fused-ring (bicyclic) bond motifs is 2. The van der Waals surface area contributed by atoms with Crippen LogP contribution in [0.2, 0.25) is 0 Å². The van der Waals surface area contributed by atoms with Gasteiger partial charge in [-0.3, -0.25) is 4.31 Å². The molecule has 30 heavy (non-hydrogen) atoms. The van der Waals surface area contributed by atoms with Gasteiger partial charge < -0.3 is 9.97 Å². The lowest BCUT2D eigenvalue weighted by Crippen LogP contribution is -2.35. The molecule has 0 amide bonds. The number of rotatable bonds is 3. The van der Waals surface area contributed by atoms with E-state index in [9.17, 15) is 13.2 Å². The Kier molecular flexibility index (Phi) is 4.47. The Bertz CT molecular complexity index is 1490. The van der Waals surface area contributed by atoms with Gasteiger partial charge in [0.2, 0.25) is 0 Å². The van der Waals surface area contributed by atoms with E-state index in [0.717, 1.165) is 16.0 Å². The van der Waals surface area contributed by atoms with Gasteiger partial charge in [-0.1, -0.05) is 6.07 Å². The van der Waals surface area contributed by atoms with E-state index in [1.54, 1.807) is 23.9 Å². The minimum absolute atomic E-state index is 0.121. The number of nitrogens with zero attached hydrogens (tertiary/aromatic N) is 2. The monoisotopic (exact) mass is 454 g/mol. The van der Waals surface area contributed by atoms with E-state index >= 15 is 0 Å². The summed E-state index contributed by atoms with van der Waals surface area (Å²) in [7, 11) is -3.82. The van der Waals surface area contributed by atoms with Crippen LogP contribution >= 0.6 is 23.1 Å². The van der Waals surface area contributed by atoms with Crippen LogP contribution in [0.3, 0.4) is 0 Å². The van der Waals surface area contributed by atoms with Gasteiger partial charge in [0.1, 0.15) is 10.9 Å². The summed E-state index contributed by atoms with van der Waals surface area (Å²) in [6.07, 6.45) is 0. The minimum atomic E-state index is -3.82. The zero-order chi connectivity index (χ0) is 20.9. The van der Waals surface area contributed by atoms with Crippen molar-refractivity contribution < 1.29 is 8.42 Å². The summed E-state index contributed by atoms with van der Waals surface area (Å²) in [6, 6.07) is 14.2. The van der Waals surface area contributed by atoms with E-state index in [1.807, 2.05) is 23.6 Å². The van der Waals surface area contributed by atoms with Gasteiger partial charge in [0.15, 0.2) is 0 Å². The number of nitriles is 1. The van der Waals surface area contributed by atoms with Crippen LogP contribution < -0.4 is 9.99 Å². The van der Waals surface area contributed by atoms with Gasteiger partial charge >= 0.3 is 5.69 Å². The third-order valence-electron chi connectivity index (χ3n) is 4.90. The predicted molar refractivity (Wildman–Crippen MR) is 119 cm³/mol. The van der Waals surface area contributed by atoms with Crippen LogP contribution in [0, 0.1) is 11.3 Å². The molecular weight excluding hydrogens is 440 g/mol. The van der Waals surface area contributed by atoms with Crippen LogP contribution in [-0.4, -0.2) is 30.7 Å². The maximum absolute atomic E-state index is 13.5. The number of anilines is 1. The molecule has 2 aromatic carbocycles. The van der Waals surface area contributed by atoms with Crippen molar-refractivity contribution in [1.82, 2.24) is 9.97 Å². The van der Waals surface area contributed by atoms with Gasteiger partial charge in [-0.05, 0) is 52.9 Å². The van der Waals surface area contributed by atoms with Crippen molar-refractivity contribution in [3.63, 3.8) is 0 Å². The fourth-order valence-corrected chi connectivity index (χ4v) is 6.83. The summed E-state index contributed by atoms with van der Waals surface area (Å²) in [4.78, 5) is 18.4. The first kappa shape index (κ1) is 19.0. The van der Waals surface area contributed by atoms with Gasteiger partial charge in [-0.2, -0.15) is 5.26 Å². The van der Waals surface area contributed by atoms with Crippen LogP contribution in [0.15, 0.2) is 62.4 Å². The van der Waals surface area contributed by atoms with E-state index in [-0.39, 0.29) is 10.6 Å². The Morgan fingerprint density at radius 2 is 1.87 bits per heavy atom. The fraction of sp³-hybridized carbons (Fsp3) is 0.100. The first-order chi connectivity index (χ1) is 14.5. The van der Waals surface area contributed by atoms with Crippen molar-refractivity contribution in [2.45, 2.75) is 9.79 Å². The zero-order valence-electron chi connectivity index (χ0n) is 15.4. The maximum atomic E-state index is 13.5. The number of aromatic nitrogens is 2. The molecule has 0 fully saturated rings. The molecule has 1 aliphatic rings. The molecule has 0 saturated carbocycles. The summed E-state index contributed by atoms with van der Waals surface area (Å²) >= 11 is 2.97. The molecule has 0 spiro atoms. The SMILES string of the molecule is N#Cc1cc(-c2ccc3c(c2)N(S(=O)(=O)c2ccc4[nH]c(=O)[nH]c4c2)CCS3)cs1. The van der Waals surface area contributed by atoms with Gasteiger partial charge in [0.25, 0.3) is 10.0 Å². The molecular formula is C20H14N4O3S3. The van der Waals surface area contributed by atoms with Crippen LogP contribution in [0.1, 0.15) is 4.88 Å². The highest BCUT2D eigenvalue weighted by atomic mass is 32.2. The van der Waals surface area contributed by atoms with Crippen molar-refractivity contribution in [2.24, 2.45) is 0 Å². The van der Waals surface area contributed by atoms with Crippen molar-refractivity contribution >= 4 is 49.8 Å². The van der Waals surface area contributed by atoms with Crippen LogP contribution in [0.5, 0.6) is 0 Å². The average molecular weight is 455 g/mol. The Morgan fingerprint density at radius 3 is 2.67 bits per heavy atom. The number of thiophene rings is 1. The van der Waals surface area contributed by atoms with Crippen LogP contribution in [0.25, 0.3) is 22.2 Å². The van der Waals surface area contributed by atoms with Gasteiger partial charge in [0, 0.05) is 17.2 Å². The van der Waals surface area contributed by atoms with Crippen LogP contribution in [0.4, 0.5) is 5.69 Å². The molecule has 0 saturated heterocycles. The largest absolute Gasteiger partial charge is 0.323 e. The molecule has 0 atom stereocenters. The first-order valence-corrected chi connectivity index (χ1v) is 12.3. The molecule has 0 bridgehead atoms. The average Bonchev–Trinajstić information content (AvgIpc) is 3.37. The van der Waals surface area contributed by atoms with Gasteiger partial charge in [-0.25, -0.2) is 13.2 Å². The Morgan fingerprint density at radius 1 is 1.03 bits per heavy atom. The summed E-state index contributed by atoms with van der Waals surface area (Å²) < 4.78 is 28.4. The number of hydrogen-bond donors (Lipinski definition) is 2. The molecule has 0 aliphatic carbocycles. The van der Waals surface area contributed by atoms with E-state index < -0.39 is 10.0 Å². The number of sulfonamides is 1. The van der Waals surface area contributed by atoms with E-state index in [4.69, 9.17) is 5.26 Å². The quantitative estimate of drug-likeness (QED) is 0.490. The topological polar surface area (TPSA) is 110 Å². The Balaban J connectivity index is 1.60. The number of hydrogen-bond acceptors (Lipinski definition) is 6. The maximum Gasteiger partial charge on any atom is 0.323 e. The summed E-state index contributed by atoms with van der Waals surface area (Å²) in [6.45, 7) is 0.345. The molecule has 3 heterocycles. The lowest BCUT2D eigenvalue weighted by Gasteiger charge is -2.30. The lowest BCUT2D eigenvalue weighted by molar-refractivity contribution is 0.591. The van der Waals surface area contributed by atoms with E-state index in [0.29, 0.717) is 33.9 Å². The second-order valence-electron chi connectivity index (χ2n) is 6.71. The molecule has 10 heteroatoms. The normalized spacial score (nSPS) is 13.9. The van der Waals surface area contributed by atoms with Crippen molar-refractivity contribution in [2.75, 3.05) is 16.6 Å². The zero-order valence-corrected chi connectivity index (χ0v) is 17.8. The highest BCUT2D eigenvalue weighted by molar-refractivity contribution is 8.00. The molecule has 2 N–H and O–H groups in total. The molecule has 4 aromatic rings. The third-order valence-corrected chi connectivity index (χ3v) is 8.58. The first-order valence-electron chi connectivity index (χ1n) is 8.96. The molecule has 150 valence electrons. The number of imidazole rings is 1. The molecule has 2 aromatic heterocycles. The summed E-state index contributed by atoms with van der Waals surface area (Å²) in [5, 5.41) is 11.0. The van der Waals surface area contributed by atoms with Crippen molar-refractivity contribution in [1.29, 1.82) is 5.26 Å². The second-order valence-corrected chi connectivity index (χ2v) is 10.6. The number of aromatic amines is 2. The van der Waals surface area contributed by atoms with Crippen LogP contribution in [-0.2, 0) is 10.0 Å². The number of benzene rings is 2. The number of nitrogens with one attached hydrogen (secondary N) is 2. The Labute approximate surface area is 180 Å². The standard InChI is InChI=1S/C20H14N4O3S3/c21-10-14-7-13(11-29-14)12-1-4-19-18(8-12)24(5-6-28-19)30(26,27)15-2-3-16-17(9-15)23-20(25)22-16/h1-4,7-9,11H,5-6H2,(H2,22,23,25). The van der Waals surface area contributed by atoms with E-state index in [1.165, 1.54) is 27.8 Å². The molecule has 7 nitrogen and oxygen atoms in total. The van der Waals surface area contributed by atoms with E-state index in [2.05, 4.69) is 16.0 Å². The third kappa shape index (κ3) is 3.11. The highest BCUT2D eigenvalue weighted by Gasteiger charge is 2.30. The minimum Gasteiger partial charge on any atom is -0.306 e. The van der Waals surface area contributed by atoms with Gasteiger partial charge in [0.05, 0.1) is 21.6 Å². The summed E-state index contributed by atoms with van der Waals surface area (Å²) in [5.41, 5.74) is 3.00. The number of H-pyrrole nitrogens is 2. The van der Waals surface area contributed by atoms with Crippen molar-refractivity contribution in [3.05, 3.63) is 63.2 Å². The summed E-state index contributed by atoms with van der Waals surface area (Å²) in [5.74, 6) is 0.645. The molecule has 5 rings (SSSR count). The number of thioether (sulfide) groups is 1. The molecule has 1 aliphatic heterocycles. The van der Waals surface area contributed by atoms with Gasteiger partial charge in [-0.15, -0.1) is 23.1 Å². The lowest BCUT2D eigenvalue weighted by atomic mass is 10.1.